The van der Waals surface area contributed by atoms with E-state index in [-0.39, 0.29) is 5.76 Å². The molecule has 1 saturated carbocycles. The molecule has 20 heavy (non-hydrogen) atoms. The molecule has 1 aliphatic carbocycles. The fourth-order valence-corrected chi connectivity index (χ4v) is 2.86. The first-order chi connectivity index (χ1) is 9.70. The van der Waals surface area contributed by atoms with Crippen molar-refractivity contribution >= 4 is 11.1 Å². The second-order valence-electron chi connectivity index (χ2n) is 5.61. The summed E-state index contributed by atoms with van der Waals surface area (Å²) in [4.78, 5) is 14.2. The molecule has 1 unspecified atom stereocenters. The topological polar surface area (TPSA) is 64.4 Å². The summed E-state index contributed by atoms with van der Waals surface area (Å²) in [6, 6.07) is 7.97. The molecule has 1 heterocycles. The number of nitrogens with zero attached hydrogens (tertiary/aromatic N) is 2. The monoisotopic (exact) mass is 275 g/mol. The highest BCUT2D eigenvalue weighted by molar-refractivity contribution is 5.72. The molecule has 1 aromatic carbocycles. The summed E-state index contributed by atoms with van der Waals surface area (Å²) in [5, 5.41) is 0. The van der Waals surface area contributed by atoms with E-state index in [1.54, 1.807) is 4.57 Å². The van der Waals surface area contributed by atoms with Gasteiger partial charge in [-0.25, -0.2) is 4.79 Å². The van der Waals surface area contributed by atoms with Crippen molar-refractivity contribution in [2.75, 3.05) is 20.1 Å². The molecule has 5 heteroatoms. The van der Waals surface area contributed by atoms with E-state index in [0.717, 1.165) is 18.0 Å². The highest BCUT2D eigenvalue weighted by Gasteiger charge is 2.32. The molecular weight excluding hydrogens is 254 g/mol. The Bertz CT molecular complexity index is 642. The van der Waals surface area contributed by atoms with Crippen molar-refractivity contribution in [3.05, 3.63) is 34.8 Å². The Kier molecular flexibility index (Phi) is 3.63. The van der Waals surface area contributed by atoms with Gasteiger partial charge in [-0.2, -0.15) is 0 Å². The molecule has 0 saturated heterocycles. The van der Waals surface area contributed by atoms with Gasteiger partial charge in [-0.05, 0) is 37.9 Å². The van der Waals surface area contributed by atoms with Crippen LogP contribution < -0.4 is 11.5 Å². The van der Waals surface area contributed by atoms with Crippen molar-refractivity contribution in [2.45, 2.75) is 25.4 Å². The zero-order chi connectivity index (χ0) is 14.1. The first-order valence-electron chi connectivity index (χ1n) is 7.19. The van der Waals surface area contributed by atoms with Crippen LogP contribution in [0.4, 0.5) is 0 Å². The number of fused-ring (bicyclic) bond motifs is 1. The number of hydrogen-bond acceptors (Lipinski definition) is 4. The van der Waals surface area contributed by atoms with Crippen molar-refractivity contribution in [3.63, 3.8) is 0 Å². The van der Waals surface area contributed by atoms with E-state index in [9.17, 15) is 4.79 Å². The predicted molar refractivity (Wildman–Crippen MR) is 78.7 cm³/mol. The lowest BCUT2D eigenvalue weighted by molar-refractivity contribution is 0.214. The maximum Gasteiger partial charge on any atom is 0.419 e. The molecule has 3 rings (SSSR count). The van der Waals surface area contributed by atoms with Crippen LogP contribution in [0.25, 0.3) is 11.1 Å². The normalized spacial score (nSPS) is 16.9. The van der Waals surface area contributed by atoms with E-state index in [1.807, 2.05) is 24.3 Å². The average molecular weight is 275 g/mol. The molecule has 0 radical (unpaired) electrons. The van der Waals surface area contributed by atoms with Gasteiger partial charge in [0.2, 0.25) is 0 Å². The number of benzene rings is 1. The highest BCUT2D eigenvalue weighted by atomic mass is 16.4. The minimum Gasteiger partial charge on any atom is -0.408 e. The summed E-state index contributed by atoms with van der Waals surface area (Å²) in [6.07, 6.45) is 2.56. The van der Waals surface area contributed by atoms with Gasteiger partial charge in [0.1, 0.15) is 0 Å². The Morgan fingerprint density at radius 2 is 2.20 bits per heavy atom. The van der Waals surface area contributed by atoms with Crippen molar-refractivity contribution in [3.8, 4) is 0 Å². The highest BCUT2D eigenvalue weighted by Crippen LogP contribution is 2.34. The van der Waals surface area contributed by atoms with Crippen LogP contribution >= 0.6 is 0 Å². The lowest BCUT2D eigenvalue weighted by Crippen LogP contribution is -2.41. The zero-order valence-corrected chi connectivity index (χ0v) is 11.8. The van der Waals surface area contributed by atoms with E-state index in [1.165, 1.54) is 12.8 Å². The van der Waals surface area contributed by atoms with Crippen LogP contribution in [0.5, 0.6) is 0 Å². The van der Waals surface area contributed by atoms with Gasteiger partial charge >= 0.3 is 5.76 Å². The maximum atomic E-state index is 11.9. The standard InChI is InChI=1S/C15H21N3O2/c1-17(13(10-16)11-6-7-11)8-9-18-12-4-2-3-5-14(12)20-15(18)19/h2-5,11,13H,6-10,16H2,1H3. The Morgan fingerprint density at radius 3 is 2.90 bits per heavy atom. The lowest BCUT2D eigenvalue weighted by Gasteiger charge is -2.26. The third-order valence-corrected chi connectivity index (χ3v) is 4.22. The summed E-state index contributed by atoms with van der Waals surface area (Å²) in [5.74, 6) is 0.457. The Balaban J connectivity index is 1.73. The smallest absolute Gasteiger partial charge is 0.408 e. The van der Waals surface area contributed by atoms with Gasteiger partial charge in [-0.1, -0.05) is 12.1 Å². The van der Waals surface area contributed by atoms with Gasteiger partial charge in [0.25, 0.3) is 0 Å². The molecule has 1 aliphatic rings. The van der Waals surface area contributed by atoms with Gasteiger partial charge < -0.3 is 15.1 Å². The predicted octanol–water partition coefficient (Wildman–Crippen LogP) is 1.26. The Morgan fingerprint density at radius 1 is 1.45 bits per heavy atom. The van der Waals surface area contributed by atoms with Crippen molar-refractivity contribution in [2.24, 2.45) is 11.7 Å². The number of hydrogen-bond donors (Lipinski definition) is 1. The van der Waals surface area contributed by atoms with Gasteiger partial charge in [0, 0.05) is 25.7 Å². The van der Waals surface area contributed by atoms with E-state index < -0.39 is 0 Å². The fraction of sp³-hybridized carbons (Fsp3) is 0.533. The molecule has 0 spiro atoms. The molecule has 1 atom stereocenters. The van der Waals surface area contributed by atoms with Gasteiger partial charge in [0.15, 0.2) is 5.58 Å². The number of aromatic nitrogens is 1. The van der Waals surface area contributed by atoms with Crippen LogP contribution in [-0.4, -0.2) is 35.6 Å². The minimum absolute atomic E-state index is 0.282. The maximum absolute atomic E-state index is 11.9. The first kappa shape index (κ1) is 13.4. The Hall–Kier alpha value is -1.59. The molecule has 5 nitrogen and oxygen atoms in total. The summed E-state index contributed by atoms with van der Waals surface area (Å²) in [7, 11) is 2.09. The number of nitrogens with two attached hydrogens (primary N) is 1. The lowest BCUT2D eigenvalue weighted by atomic mass is 10.1. The van der Waals surface area contributed by atoms with Crippen molar-refractivity contribution in [1.29, 1.82) is 0 Å². The number of oxazole rings is 1. The number of rotatable bonds is 6. The summed E-state index contributed by atoms with van der Waals surface area (Å²) < 4.78 is 6.94. The average Bonchev–Trinajstić information content (AvgIpc) is 3.21. The third kappa shape index (κ3) is 2.51. The van der Waals surface area contributed by atoms with Crippen molar-refractivity contribution in [1.82, 2.24) is 9.47 Å². The molecular formula is C15H21N3O2. The number of likely N-dealkylation sites (N-methyl/N-ethyl adjacent to an activating group) is 1. The second-order valence-corrected chi connectivity index (χ2v) is 5.61. The molecule has 2 N–H and O–H groups in total. The molecule has 1 aromatic heterocycles. The van der Waals surface area contributed by atoms with Crippen LogP contribution in [0, 0.1) is 5.92 Å². The second kappa shape index (κ2) is 5.42. The molecule has 0 aliphatic heterocycles. The minimum atomic E-state index is -0.282. The molecule has 0 bridgehead atoms. The molecule has 0 amide bonds. The van der Waals surface area contributed by atoms with E-state index >= 15 is 0 Å². The third-order valence-electron chi connectivity index (χ3n) is 4.22. The zero-order valence-electron chi connectivity index (χ0n) is 11.8. The van der Waals surface area contributed by atoms with Crippen LogP contribution in [0.2, 0.25) is 0 Å². The quantitative estimate of drug-likeness (QED) is 0.862. The molecule has 2 aromatic rings. The van der Waals surface area contributed by atoms with Gasteiger partial charge in [-0.15, -0.1) is 0 Å². The summed E-state index contributed by atoms with van der Waals surface area (Å²) >= 11 is 0. The van der Waals surface area contributed by atoms with E-state index in [0.29, 0.717) is 24.7 Å². The SMILES string of the molecule is CN(CCn1c(=O)oc2ccccc21)C(CN)C1CC1. The van der Waals surface area contributed by atoms with Gasteiger partial charge in [-0.3, -0.25) is 4.57 Å². The molecule has 1 fully saturated rings. The van der Waals surface area contributed by atoms with Crippen LogP contribution in [0.1, 0.15) is 12.8 Å². The fourth-order valence-electron chi connectivity index (χ4n) is 2.86. The summed E-state index contributed by atoms with van der Waals surface area (Å²) in [5.41, 5.74) is 7.37. The number of para-hydroxylation sites is 2. The van der Waals surface area contributed by atoms with Crippen LogP contribution in [-0.2, 0) is 6.54 Å². The summed E-state index contributed by atoms with van der Waals surface area (Å²) in [6.45, 7) is 2.12. The van der Waals surface area contributed by atoms with Gasteiger partial charge in [0.05, 0.1) is 5.52 Å². The first-order valence-corrected chi connectivity index (χ1v) is 7.19. The van der Waals surface area contributed by atoms with Crippen molar-refractivity contribution < 1.29 is 4.42 Å². The van der Waals surface area contributed by atoms with Crippen LogP contribution in [0.3, 0.4) is 0 Å². The molecule has 108 valence electrons. The Labute approximate surface area is 118 Å². The van der Waals surface area contributed by atoms with Crippen LogP contribution in [0.15, 0.2) is 33.5 Å². The largest absolute Gasteiger partial charge is 0.419 e. The van der Waals surface area contributed by atoms with E-state index in [4.69, 9.17) is 10.2 Å². The van der Waals surface area contributed by atoms with E-state index in [2.05, 4.69) is 11.9 Å².